The number of phosphoric ester groups is 5. The second-order valence-electron chi connectivity index (χ2n) is 29.1. The van der Waals surface area contributed by atoms with Crippen LogP contribution in [0.4, 0.5) is 5.82 Å². The molecular weight excluding hydrogens is 1930 g/mol. The molecule has 0 saturated carbocycles. The van der Waals surface area contributed by atoms with E-state index in [0.29, 0.717) is 11.2 Å². The van der Waals surface area contributed by atoms with E-state index in [9.17, 15) is 137 Å². The molecule has 6 aromatic heterocycles. The molecule has 6 aromatic rings. The van der Waals surface area contributed by atoms with Crippen molar-refractivity contribution >= 4 is 115 Å². The lowest BCUT2D eigenvalue weighted by molar-refractivity contribution is -0.292. The van der Waals surface area contributed by atoms with Crippen molar-refractivity contribution in [2.45, 2.75) is 206 Å². The lowest BCUT2D eigenvalue weighted by Gasteiger charge is -2.45. The summed E-state index contributed by atoms with van der Waals surface area (Å²) in [5, 5.41) is 139. The Morgan fingerprint density at radius 1 is 0.473 bits per heavy atom. The van der Waals surface area contributed by atoms with Crippen LogP contribution < -0.4 is 16.9 Å². The molecule has 6 aliphatic heterocycles. The van der Waals surface area contributed by atoms with E-state index in [4.69, 9.17) is 98.0 Å². The number of aromatic amines is 2. The Hall–Kier alpha value is -6.22. The summed E-state index contributed by atoms with van der Waals surface area (Å²) in [7, 11) is -25.0. The van der Waals surface area contributed by atoms with Gasteiger partial charge in [0.05, 0.1) is 64.7 Å². The number of anilines is 1. The van der Waals surface area contributed by atoms with Gasteiger partial charge in [-0.15, -0.1) is 0 Å². The number of aliphatic hydroxyl groups excluding tert-OH is 14. The molecule has 0 spiro atoms. The van der Waals surface area contributed by atoms with Crippen LogP contribution in [-0.2, 0) is 141 Å². The number of phosphoric acid groups is 5. The summed E-state index contributed by atoms with van der Waals surface area (Å²) < 4.78 is 168. The number of fused-ring (bicyclic) bond motifs is 3. The van der Waals surface area contributed by atoms with E-state index >= 15 is 0 Å². The van der Waals surface area contributed by atoms with Gasteiger partial charge in [-0.1, -0.05) is 13.8 Å². The second kappa shape index (κ2) is 44.1. The molecule has 0 amide bonds. The molecule has 6 fully saturated rings. The molecule has 36 atom stereocenters. The first-order valence-electron chi connectivity index (χ1n) is 37.9. The van der Waals surface area contributed by atoms with Gasteiger partial charge in [0.25, 0.3) is 11.1 Å². The average Bonchev–Trinajstić information content (AvgIpc) is 1.61. The number of imidazole rings is 3. The summed E-state index contributed by atoms with van der Waals surface area (Å²) in [6.07, 6.45) is -38.8. The van der Waals surface area contributed by atoms with E-state index in [1.807, 2.05) is 0 Å². The number of methoxy groups -OCH3 is 2. The molecule has 70 heteroatoms. The van der Waals surface area contributed by atoms with Gasteiger partial charge in [-0.2, -0.15) is 8.62 Å². The number of nitrogens with one attached hydrogen (secondary N) is 2. The van der Waals surface area contributed by atoms with Crippen molar-refractivity contribution in [1.29, 1.82) is 0 Å². The van der Waals surface area contributed by atoms with Crippen LogP contribution in [-0.4, -0.2) is 384 Å². The zero-order valence-electron chi connectivity index (χ0n) is 68.4. The topological polar surface area (TPSA) is 923 Å². The van der Waals surface area contributed by atoms with Crippen LogP contribution in [0.3, 0.4) is 0 Å². The highest BCUT2D eigenvalue weighted by Crippen LogP contribution is 2.65. The smallest absolute Gasteiger partial charge is 0.462 e. The van der Waals surface area contributed by atoms with Gasteiger partial charge in [0, 0.05) is 40.9 Å². The van der Waals surface area contributed by atoms with Gasteiger partial charge < -0.3 is 173 Å². The van der Waals surface area contributed by atoms with E-state index in [1.54, 1.807) is 13.8 Å². The molecule has 0 aromatic carbocycles. The number of esters is 3. The van der Waals surface area contributed by atoms with Gasteiger partial charge in [0.1, 0.15) is 141 Å². The van der Waals surface area contributed by atoms with E-state index in [-0.39, 0.29) is 28.1 Å². The number of H-pyrrole nitrogens is 2. The number of hydrogen-bond acceptors (Lipinski definition) is 53. The molecule has 6 aliphatic rings. The molecule has 15 unspecified atom stereocenters. The third-order valence-corrected chi connectivity index (χ3v) is 28.9. The van der Waals surface area contributed by atoms with Gasteiger partial charge in [0.15, 0.2) is 77.3 Å². The maximum absolute atomic E-state index is 13.0. The molecule has 12 rings (SSSR count). The van der Waals surface area contributed by atoms with Gasteiger partial charge >= 0.3 is 63.7 Å². The van der Waals surface area contributed by atoms with Crippen LogP contribution >= 0.6 is 45.8 Å². The number of aromatic nitrogens is 12. The van der Waals surface area contributed by atoms with Crippen molar-refractivity contribution < 1.29 is 230 Å². The van der Waals surface area contributed by atoms with E-state index in [2.05, 4.69) is 66.8 Å². The Balaban J connectivity index is 0.000000205. The molecule has 24 N–H and O–H groups in total. The molecule has 131 heavy (non-hydrogen) atoms. The summed E-state index contributed by atoms with van der Waals surface area (Å²) in [5.41, 5.74) is 5.08. The fourth-order valence-corrected chi connectivity index (χ4v) is 21.2. The van der Waals surface area contributed by atoms with Crippen molar-refractivity contribution in [2.75, 3.05) is 59.6 Å². The van der Waals surface area contributed by atoms with Crippen LogP contribution in [0.25, 0.3) is 33.5 Å². The Labute approximate surface area is 737 Å². The Kier molecular flexibility index (Phi) is 35.9. The number of ether oxygens (including phenoxy) is 11. The number of aliphatic hydroxyl groups is 14. The quantitative estimate of drug-likeness (QED) is 0.00998. The Bertz CT molecular complexity index is 5360. The number of nitrogens with two attached hydrogens (primary N) is 1. The van der Waals surface area contributed by atoms with Crippen molar-refractivity contribution in [1.82, 2.24) is 58.6 Å². The van der Waals surface area contributed by atoms with Crippen LogP contribution in [0.2, 0.25) is 0 Å². The van der Waals surface area contributed by atoms with Crippen molar-refractivity contribution in [2.24, 2.45) is 11.8 Å². The molecule has 0 aliphatic carbocycles. The fraction of sp³-hybridized carbons (Fsp3) is 0.705. The minimum atomic E-state index is -5.67. The first kappa shape index (κ1) is 107. The standard InChI is InChI=1S/C25H36N4O18P2.C19H31N5O15P2S.C17H26N4O17P2/c1-10-11(2)21(43-14(5)32)25(45-20(10)16(42-13(4)31)6-40-12(3)30)46-49(38,39)47-48(36,37)41-7-15-18(33)19(34)24(44-15)29-9-28-17-22(29)26-8-27-23(17)35;1-33-14-8(36-18(15(14)34-2)24-6-23-9-16(20)21-5-22-17(9)24)4-35-41(32,42)39-40(30,31)38-19-12(29)10(27)11(28)13(37-19)7(26)3-25;22-1-5(23)13-10(26)9(25)12(28)17(36-13)37-40(32,33)38-39(30,31)34-2-6-8(24)11(27)16(35-6)21-4-20-7-14(21)18-3-19-15(7)29/h8-11,15-16,18-21,24-25,33-34H,6-7H2,1-5H3,(H,36,37)(H,38,39)(H,26,27,35);5-8,10-15,18-19,25-29H,3-4H2,1-2H3,(H,30,31)(H,32,42)(H2,20,21,22);3-6,8-13,16-17,22-28H,1-2H2,(H,30,31)(H,32,33)(H,18,19,29)/t10-,11-,15+,16+,18?,19-,20?,21?,24+,25-;7-,8-,10+,11+,12?,13?,14?,15+,18-,19+,41?;5-,6-,8?,9+,10+,11+,12?,13?,16-,17+/m011/s1. The zero-order valence-corrected chi connectivity index (χ0v) is 74.5. The van der Waals surface area contributed by atoms with Gasteiger partial charge in [-0.25, -0.2) is 62.0 Å². The highest BCUT2D eigenvalue weighted by atomic mass is 32.5. The molecule has 6 saturated heterocycles. The van der Waals surface area contributed by atoms with Crippen LogP contribution in [0, 0.1) is 11.8 Å². The monoisotopic (exact) mass is 2030 g/mol. The molecule has 0 radical (unpaired) electrons. The summed E-state index contributed by atoms with van der Waals surface area (Å²) in [5.74, 6) is -3.56. The van der Waals surface area contributed by atoms with E-state index in [0.717, 1.165) is 55.2 Å². The maximum Gasteiger partial charge on any atom is 0.483 e. The van der Waals surface area contributed by atoms with Crippen LogP contribution in [0.5, 0.6) is 0 Å². The lowest BCUT2D eigenvalue weighted by atomic mass is 9.81. The molecule has 0 bridgehead atoms. The summed E-state index contributed by atoms with van der Waals surface area (Å²) in [6, 6.07) is 0. The van der Waals surface area contributed by atoms with Gasteiger partial charge in [0.2, 0.25) is 6.29 Å². The minimum Gasteiger partial charge on any atom is -0.462 e. The number of carbonyl (C=O) groups excluding carboxylic acids is 3. The zero-order chi connectivity index (χ0) is 97.0. The molecular formula is C61H93N13O50P6S. The fourth-order valence-electron chi connectivity index (χ4n) is 13.8. The maximum atomic E-state index is 13.0. The summed E-state index contributed by atoms with van der Waals surface area (Å²) in [4.78, 5) is 153. The lowest BCUT2D eigenvalue weighted by Crippen LogP contribution is -2.61. The van der Waals surface area contributed by atoms with Crippen LogP contribution in [0.15, 0.2) is 47.6 Å². The number of nitrogen functional groups attached to an aromatic ring is 1. The van der Waals surface area contributed by atoms with Crippen molar-refractivity contribution in [3.8, 4) is 0 Å². The Morgan fingerprint density at radius 3 is 1.32 bits per heavy atom. The molecule has 738 valence electrons. The number of rotatable bonds is 35. The van der Waals surface area contributed by atoms with E-state index < -0.39 is 298 Å². The second-order valence-corrected chi connectivity index (χ2v) is 39.5. The highest BCUT2D eigenvalue weighted by Gasteiger charge is 2.57. The average molecular weight is 2030 g/mol. The summed E-state index contributed by atoms with van der Waals surface area (Å²) in [6.45, 7) is -3.09. The first-order valence-corrected chi connectivity index (χ1v) is 47.9. The third-order valence-electron chi connectivity index (χ3n) is 20.2. The third kappa shape index (κ3) is 25.8. The number of nitrogens with zero attached hydrogens (tertiary/aromatic N) is 10. The Morgan fingerprint density at radius 2 is 0.885 bits per heavy atom. The molecule has 63 nitrogen and oxygen atoms in total. The predicted molar refractivity (Wildman–Crippen MR) is 418 cm³/mol. The SMILES string of the molecule is CC(=O)OC[C@@H](OC(C)=O)C1O[C@@H](OP(=O)(O)OP(=O)(O)OC[C@H]2O[C@@H](n3cnc4c(=O)[nH]cnc43)[C@@H](O)C2O)C(OC(C)=O)[C@@H](C)[C@@H]1C.COC1[C@@H](COP(O)(=S)OP(=O)(O)O[C@@H]2OC([C@H](O)CO)[C@@H](O)[C@H](O)C2O)O[C@@H](n2cnc3c(N)ncnc32)[C@H]1OC.O=c1[nH]cnc2c1ncn2[C@@H]1O[C@H](COP(=O)(O)OP(=O)(O)O[C@@H]2OC([C@H](O)CO)[C@@H](O)[C@H](O)C2O)C(O)[C@@H]1O. The highest BCUT2D eigenvalue weighted by molar-refractivity contribution is 8.08. The van der Waals surface area contributed by atoms with Crippen molar-refractivity contribution in [3.05, 3.63) is 58.7 Å². The summed E-state index contributed by atoms with van der Waals surface area (Å²) >= 11 is 4.84. The van der Waals surface area contributed by atoms with Gasteiger partial charge in [-0.05, 0) is 17.7 Å². The first-order chi connectivity index (χ1) is 61.2. The largest absolute Gasteiger partial charge is 0.483 e. The molecule has 12 heterocycles. The predicted octanol–water partition coefficient (Wildman–Crippen LogP) is -8.57. The van der Waals surface area contributed by atoms with Gasteiger partial charge in [-0.3, -0.25) is 60.3 Å². The van der Waals surface area contributed by atoms with Crippen LogP contribution in [0.1, 0.15) is 53.3 Å². The van der Waals surface area contributed by atoms with E-state index in [1.165, 1.54) is 31.4 Å². The van der Waals surface area contributed by atoms with Crippen molar-refractivity contribution in [3.63, 3.8) is 0 Å². The normalized spacial score (nSPS) is 34.5. The number of hydrogen-bond donors (Lipinski definition) is 23. The minimum absolute atomic E-state index is 0.00964. The number of carbonyl (C=O) groups is 3.